The number of hydrogen-bond donors (Lipinski definition) is 1. The van der Waals surface area contributed by atoms with Crippen molar-refractivity contribution < 1.29 is 19.1 Å². The number of aromatic nitrogens is 2. The van der Waals surface area contributed by atoms with Gasteiger partial charge in [0.1, 0.15) is 17.4 Å². The minimum absolute atomic E-state index is 0.0373. The molecule has 2 heterocycles. The molecule has 8 heteroatoms. The summed E-state index contributed by atoms with van der Waals surface area (Å²) in [5, 5.41) is 3.35. The van der Waals surface area contributed by atoms with E-state index in [9.17, 15) is 9.59 Å². The highest BCUT2D eigenvalue weighted by Crippen LogP contribution is 2.33. The molecular weight excluding hydrogens is 418 g/mol. The highest BCUT2D eigenvalue weighted by molar-refractivity contribution is 6.33. The second-order valence-corrected chi connectivity index (χ2v) is 9.11. The van der Waals surface area contributed by atoms with Crippen molar-refractivity contribution in [3.63, 3.8) is 0 Å². The lowest BCUT2D eigenvalue weighted by Gasteiger charge is -2.30. The molecule has 166 valence electrons. The normalized spacial score (nSPS) is 19.7. The van der Waals surface area contributed by atoms with Gasteiger partial charge in [0.05, 0.1) is 17.6 Å². The molecule has 1 aliphatic carbocycles. The van der Waals surface area contributed by atoms with Gasteiger partial charge in [-0.1, -0.05) is 11.6 Å². The van der Waals surface area contributed by atoms with Crippen LogP contribution in [0.1, 0.15) is 52.0 Å². The van der Waals surface area contributed by atoms with E-state index in [0.717, 1.165) is 32.0 Å². The number of alkyl carbamates (subject to hydrolysis) is 1. The van der Waals surface area contributed by atoms with Crippen LogP contribution in [0.25, 0.3) is 17.1 Å². The first-order valence-electron chi connectivity index (χ1n) is 10.4. The standard InChI is InChI=1S/C23H28ClN3O4/c1-23(2,3)31-22(29)26-16-7-5-14(6-8-16)15(13-28)11-17-18(24)12-25-19-9-10-20(30-4)27-21(17)19/h9-14,16H,5-8H2,1-4H3,(H,26,29)/b15-11-. The Hall–Kier alpha value is -2.67. The molecule has 0 spiro atoms. The van der Waals surface area contributed by atoms with Gasteiger partial charge in [-0.25, -0.2) is 9.78 Å². The average Bonchev–Trinajstić information content (AvgIpc) is 2.72. The molecule has 1 N–H and O–H groups in total. The fourth-order valence-corrected chi connectivity index (χ4v) is 3.95. The summed E-state index contributed by atoms with van der Waals surface area (Å²) in [6.07, 6.45) is 6.95. The topological polar surface area (TPSA) is 90.4 Å². The van der Waals surface area contributed by atoms with Crippen LogP contribution in [0.5, 0.6) is 5.88 Å². The number of nitrogens with one attached hydrogen (secondary N) is 1. The first kappa shape index (κ1) is 23.0. The Morgan fingerprint density at radius 1 is 1.23 bits per heavy atom. The van der Waals surface area contributed by atoms with Crippen molar-refractivity contribution in [1.82, 2.24) is 15.3 Å². The van der Waals surface area contributed by atoms with Crippen LogP contribution in [0.15, 0.2) is 23.9 Å². The zero-order chi connectivity index (χ0) is 22.6. The molecule has 31 heavy (non-hydrogen) atoms. The molecule has 1 saturated carbocycles. The Bertz CT molecular complexity index is 992. The van der Waals surface area contributed by atoms with Gasteiger partial charge in [0.2, 0.25) is 5.88 Å². The lowest BCUT2D eigenvalue weighted by atomic mass is 9.81. The van der Waals surface area contributed by atoms with E-state index < -0.39 is 11.7 Å². The van der Waals surface area contributed by atoms with Crippen molar-refractivity contribution in [2.75, 3.05) is 7.11 Å². The zero-order valence-electron chi connectivity index (χ0n) is 18.3. The molecule has 1 fully saturated rings. The summed E-state index contributed by atoms with van der Waals surface area (Å²) >= 11 is 6.41. The van der Waals surface area contributed by atoms with Crippen LogP contribution >= 0.6 is 11.6 Å². The van der Waals surface area contributed by atoms with Gasteiger partial charge in [0.25, 0.3) is 0 Å². The molecule has 0 unspecified atom stereocenters. The number of amides is 1. The number of allylic oxidation sites excluding steroid dienone is 1. The van der Waals surface area contributed by atoms with Crippen LogP contribution in [0.4, 0.5) is 4.79 Å². The van der Waals surface area contributed by atoms with Crippen LogP contribution < -0.4 is 10.1 Å². The number of rotatable bonds is 5. The highest BCUT2D eigenvalue weighted by Gasteiger charge is 2.27. The van der Waals surface area contributed by atoms with Crippen molar-refractivity contribution in [1.29, 1.82) is 0 Å². The second kappa shape index (κ2) is 9.64. The molecular formula is C23H28ClN3O4. The molecule has 1 aliphatic rings. The Morgan fingerprint density at radius 2 is 1.94 bits per heavy atom. The van der Waals surface area contributed by atoms with E-state index >= 15 is 0 Å². The quantitative estimate of drug-likeness (QED) is 0.516. The summed E-state index contributed by atoms with van der Waals surface area (Å²) in [4.78, 5) is 32.7. The molecule has 0 bridgehead atoms. The maximum absolute atomic E-state index is 12.0. The molecule has 0 aliphatic heterocycles. The van der Waals surface area contributed by atoms with E-state index in [1.54, 1.807) is 25.4 Å². The van der Waals surface area contributed by atoms with Gasteiger partial charge in [-0.2, -0.15) is 0 Å². The Kier molecular flexibility index (Phi) is 7.15. The maximum atomic E-state index is 12.0. The molecule has 3 rings (SSSR count). The predicted molar refractivity (Wildman–Crippen MR) is 120 cm³/mol. The van der Waals surface area contributed by atoms with Crippen LogP contribution in [0.2, 0.25) is 5.02 Å². The van der Waals surface area contributed by atoms with E-state index in [-0.39, 0.29) is 12.0 Å². The number of nitrogens with zero attached hydrogens (tertiary/aromatic N) is 2. The number of halogens is 1. The minimum atomic E-state index is -0.530. The van der Waals surface area contributed by atoms with Crippen molar-refractivity contribution >= 4 is 41.1 Å². The SMILES string of the molecule is COc1ccc2ncc(Cl)c(/C=C(/C=O)C3CCC(NC(=O)OC(C)(C)C)CC3)c2n1. The van der Waals surface area contributed by atoms with E-state index in [1.807, 2.05) is 26.8 Å². The number of aldehydes is 1. The molecule has 2 aromatic heterocycles. The van der Waals surface area contributed by atoms with Crippen LogP contribution in [-0.2, 0) is 9.53 Å². The fraction of sp³-hybridized carbons (Fsp3) is 0.478. The van der Waals surface area contributed by atoms with Crippen LogP contribution in [-0.4, -0.2) is 41.1 Å². The third kappa shape index (κ3) is 5.94. The largest absolute Gasteiger partial charge is 0.481 e. The molecule has 7 nitrogen and oxygen atoms in total. The number of carbonyl (C=O) groups excluding carboxylic acids is 2. The van der Waals surface area contributed by atoms with E-state index in [0.29, 0.717) is 33.1 Å². The highest BCUT2D eigenvalue weighted by atomic mass is 35.5. The van der Waals surface area contributed by atoms with Gasteiger partial charge in [0, 0.05) is 23.9 Å². The number of hydrogen-bond acceptors (Lipinski definition) is 6. The van der Waals surface area contributed by atoms with Crippen LogP contribution in [0.3, 0.4) is 0 Å². The third-order valence-electron chi connectivity index (χ3n) is 5.25. The number of methoxy groups -OCH3 is 1. The van der Waals surface area contributed by atoms with Gasteiger partial charge in [-0.3, -0.25) is 9.78 Å². The number of carbonyl (C=O) groups is 2. The number of ether oxygens (including phenoxy) is 2. The molecule has 2 aromatic rings. The lowest BCUT2D eigenvalue weighted by Crippen LogP contribution is -2.41. The minimum Gasteiger partial charge on any atom is -0.481 e. The van der Waals surface area contributed by atoms with Crippen molar-refractivity contribution in [2.45, 2.75) is 58.1 Å². The average molecular weight is 446 g/mol. The van der Waals surface area contributed by atoms with E-state index in [2.05, 4.69) is 15.3 Å². The molecule has 0 radical (unpaired) electrons. The van der Waals surface area contributed by atoms with Gasteiger partial charge in [0.15, 0.2) is 0 Å². The summed E-state index contributed by atoms with van der Waals surface area (Å²) in [5.74, 6) is 0.534. The monoisotopic (exact) mass is 445 g/mol. The van der Waals surface area contributed by atoms with Crippen molar-refractivity contribution in [2.24, 2.45) is 5.92 Å². The van der Waals surface area contributed by atoms with E-state index in [1.165, 1.54) is 0 Å². The second-order valence-electron chi connectivity index (χ2n) is 8.70. The van der Waals surface area contributed by atoms with Crippen molar-refractivity contribution in [3.05, 3.63) is 34.5 Å². The van der Waals surface area contributed by atoms with Crippen LogP contribution in [0, 0.1) is 5.92 Å². The Morgan fingerprint density at radius 3 is 2.55 bits per heavy atom. The molecule has 0 saturated heterocycles. The fourth-order valence-electron chi connectivity index (χ4n) is 3.76. The van der Waals surface area contributed by atoms with Gasteiger partial charge in [-0.15, -0.1) is 0 Å². The molecule has 0 atom stereocenters. The first-order chi connectivity index (χ1) is 14.7. The first-order valence-corrected chi connectivity index (χ1v) is 10.7. The number of pyridine rings is 2. The van der Waals surface area contributed by atoms with Gasteiger partial charge in [-0.05, 0) is 70.1 Å². The summed E-state index contributed by atoms with van der Waals surface area (Å²) in [7, 11) is 1.54. The Balaban J connectivity index is 1.76. The van der Waals surface area contributed by atoms with Crippen molar-refractivity contribution in [3.8, 4) is 5.88 Å². The smallest absolute Gasteiger partial charge is 0.407 e. The Labute approximate surface area is 187 Å². The molecule has 0 aromatic carbocycles. The van der Waals surface area contributed by atoms with Gasteiger partial charge < -0.3 is 14.8 Å². The zero-order valence-corrected chi connectivity index (χ0v) is 19.0. The van der Waals surface area contributed by atoms with E-state index in [4.69, 9.17) is 21.1 Å². The molecule has 1 amide bonds. The summed E-state index contributed by atoms with van der Waals surface area (Å²) in [5.41, 5.74) is 2.05. The summed E-state index contributed by atoms with van der Waals surface area (Å²) in [6.45, 7) is 5.51. The predicted octanol–water partition coefficient (Wildman–Crippen LogP) is 4.96. The number of fused-ring (bicyclic) bond motifs is 1. The third-order valence-corrected chi connectivity index (χ3v) is 5.55. The van der Waals surface area contributed by atoms with Gasteiger partial charge >= 0.3 is 6.09 Å². The summed E-state index contributed by atoms with van der Waals surface area (Å²) < 4.78 is 10.6. The lowest BCUT2D eigenvalue weighted by molar-refractivity contribution is -0.105. The maximum Gasteiger partial charge on any atom is 0.407 e. The summed E-state index contributed by atoms with van der Waals surface area (Å²) in [6, 6.07) is 3.58.